The first-order chi connectivity index (χ1) is 11.9. The maximum absolute atomic E-state index is 13.7. The third-order valence-electron chi connectivity index (χ3n) is 3.74. The number of aryl methyl sites for hydroxylation is 2. The molecule has 2 aromatic heterocycles. The van der Waals surface area contributed by atoms with Gasteiger partial charge < -0.3 is 4.74 Å². The molecule has 0 bridgehead atoms. The van der Waals surface area contributed by atoms with Gasteiger partial charge in [0.25, 0.3) is 5.56 Å². The van der Waals surface area contributed by atoms with E-state index in [1.165, 1.54) is 10.6 Å². The van der Waals surface area contributed by atoms with Crippen molar-refractivity contribution in [3.05, 3.63) is 74.4 Å². The highest BCUT2D eigenvalue weighted by molar-refractivity contribution is 6.31. The lowest BCUT2D eigenvalue weighted by Gasteiger charge is -2.14. The van der Waals surface area contributed by atoms with Crippen molar-refractivity contribution < 1.29 is 13.5 Å². The first-order valence-electron chi connectivity index (χ1n) is 7.38. The second kappa shape index (κ2) is 6.68. The number of halogens is 3. The molecule has 0 aliphatic heterocycles. The molecule has 25 heavy (non-hydrogen) atoms. The van der Waals surface area contributed by atoms with Gasteiger partial charge in [0.1, 0.15) is 29.0 Å². The molecule has 0 aliphatic rings. The smallest absolute Gasteiger partial charge is 0.278 e. The lowest BCUT2D eigenvalue weighted by molar-refractivity contribution is 0.298. The maximum atomic E-state index is 13.7. The highest BCUT2D eigenvalue weighted by Gasteiger charge is 2.16. The average molecular weight is 366 g/mol. The molecule has 0 saturated carbocycles. The summed E-state index contributed by atoms with van der Waals surface area (Å²) in [6.07, 6.45) is 1.59. The highest BCUT2D eigenvalue weighted by Crippen LogP contribution is 2.25. The predicted octanol–water partition coefficient (Wildman–Crippen LogP) is 3.69. The molecule has 0 spiro atoms. The standard InChI is InChI=1S/C17H14ClF2N3O2/c1-9-5-15(25-8-11-3-4-12(19)6-13(11)20)16(18)17(24)23(9)14-7-21-22-10(14)2/h3-7H,8H2,1-2H3,(H,21,22). The Kier molecular flexibility index (Phi) is 4.59. The van der Waals surface area contributed by atoms with Gasteiger partial charge in [-0.05, 0) is 26.0 Å². The third kappa shape index (κ3) is 3.28. The van der Waals surface area contributed by atoms with E-state index in [2.05, 4.69) is 10.2 Å². The number of pyridine rings is 1. The van der Waals surface area contributed by atoms with E-state index in [-0.39, 0.29) is 22.9 Å². The van der Waals surface area contributed by atoms with Crippen LogP contribution in [0.1, 0.15) is 17.0 Å². The minimum absolute atomic E-state index is 0.130. The second-order valence-corrected chi connectivity index (χ2v) is 5.86. The number of hydrogen-bond acceptors (Lipinski definition) is 3. The van der Waals surface area contributed by atoms with Gasteiger partial charge in [0.05, 0.1) is 11.4 Å². The fourth-order valence-electron chi connectivity index (χ4n) is 2.46. The number of aromatic nitrogens is 3. The molecule has 0 aliphatic carbocycles. The van der Waals surface area contributed by atoms with E-state index in [1.54, 1.807) is 26.1 Å². The van der Waals surface area contributed by atoms with Crippen LogP contribution < -0.4 is 10.3 Å². The van der Waals surface area contributed by atoms with Gasteiger partial charge >= 0.3 is 0 Å². The van der Waals surface area contributed by atoms with Crippen LogP contribution >= 0.6 is 11.6 Å². The van der Waals surface area contributed by atoms with Crippen LogP contribution in [0.15, 0.2) is 35.3 Å². The van der Waals surface area contributed by atoms with Crippen LogP contribution in [0.5, 0.6) is 5.75 Å². The van der Waals surface area contributed by atoms with E-state index in [1.807, 2.05) is 0 Å². The number of nitrogens with one attached hydrogen (secondary N) is 1. The largest absolute Gasteiger partial charge is 0.487 e. The molecule has 3 aromatic rings. The zero-order valence-electron chi connectivity index (χ0n) is 13.4. The molecular formula is C17H14ClF2N3O2. The Hall–Kier alpha value is -2.67. The van der Waals surface area contributed by atoms with Crippen molar-refractivity contribution >= 4 is 11.6 Å². The number of ether oxygens (including phenoxy) is 1. The highest BCUT2D eigenvalue weighted by atomic mass is 35.5. The molecule has 0 radical (unpaired) electrons. The van der Waals surface area contributed by atoms with Gasteiger partial charge in [-0.25, -0.2) is 8.78 Å². The Morgan fingerprint density at radius 1 is 1.28 bits per heavy atom. The predicted molar refractivity (Wildman–Crippen MR) is 89.4 cm³/mol. The van der Waals surface area contributed by atoms with Crippen LogP contribution in [0, 0.1) is 25.5 Å². The lowest BCUT2D eigenvalue weighted by Crippen LogP contribution is -2.22. The summed E-state index contributed by atoms with van der Waals surface area (Å²) in [6.45, 7) is 3.29. The minimum atomic E-state index is -0.727. The van der Waals surface area contributed by atoms with Crippen LogP contribution in [-0.4, -0.2) is 14.8 Å². The molecule has 0 unspecified atom stereocenters. The van der Waals surface area contributed by atoms with Crippen molar-refractivity contribution in [1.29, 1.82) is 0 Å². The van der Waals surface area contributed by atoms with Gasteiger partial charge in [0, 0.05) is 29.6 Å². The summed E-state index contributed by atoms with van der Waals surface area (Å²) >= 11 is 6.13. The number of H-pyrrole nitrogens is 1. The first-order valence-corrected chi connectivity index (χ1v) is 7.76. The normalized spacial score (nSPS) is 10.9. The van der Waals surface area contributed by atoms with Gasteiger partial charge in [-0.3, -0.25) is 14.5 Å². The van der Waals surface area contributed by atoms with Crippen molar-refractivity contribution in [2.75, 3.05) is 0 Å². The third-order valence-corrected chi connectivity index (χ3v) is 4.09. The summed E-state index contributed by atoms with van der Waals surface area (Å²) < 4.78 is 33.5. The maximum Gasteiger partial charge on any atom is 0.278 e. The van der Waals surface area contributed by atoms with E-state index in [9.17, 15) is 13.6 Å². The minimum Gasteiger partial charge on any atom is -0.487 e. The molecular weight excluding hydrogens is 352 g/mol. The van der Waals surface area contributed by atoms with Crippen LogP contribution in [0.25, 0.3) is 5.69 Å². The van der Waals surface area contributed by atoms with Crippen LogP contribution in [0.4, 0.5) is 8.78 Å². The summed E-state index contributed by atoms with van der Waals surface area (Å²) in [6, 6.07) is 4.76. The summed E-state index contributed by atoms with van der Waals surface area (Å²) in [4.78, 5) is 12.6. The van der Waals surface area contributed by atoms with Crippen LogP contribution in [0.2, 0.25) is 5.02 Å². The van der Waals surface area contributed by atoms with Crippen molar-refractivity contribution in [2.45, 2.75) is 20.5 Å². The SMILES string of the molecule is Cc1n[nH]cc1-n1c(C)cc(OCc2ccc(F)cc2F)c(Cl)c1=O. The lowest BCUT2D eigenvalue weighted by atomic mass is 10.2. The van der Waals surface area contributed by atoms with Crippen molar-refractivity contribution in [3.8, 4) is 11.4 Å². The molecule has 5 nitrogen and oxygen atoms in total. The topological polar surface area (TPSA) is 59.9 Å². The molecule has 8 heteroatoms. The van der Waals surface area contributed by atoms with Crippen LogP contribution in [-0.2, 0) is 6.61 Å². The molecule has 0 amide bonds. The second-order valence-electron chi connectivity index (χ2n) is 5.48. The van der Waals surface area contributed by atoms with Crippen molar-refractivity contribution in [2.24, 2.45) is 0 Å². The Bertz CT molecular complexity index is 998. The van der Waals surface area contributed by atoms with Crippen molar-refractivity contribution in [1.82, 2.24) is 14.8 Å². The molecule has 1 aromatic carbocycles. The molecule has 3 rings (SSSR count). The Morgan fingerprint density at radius 2 is 2.04 bits per heavy atom. The number of hydrogen-bond donors (Lipinski definition) is 1. The summed E-state index contributed by atoms with van der Waals surface area (Å²) in [5.41, 5.74) is 1.49. The Balaban J connectivity index is 1.94. The zero-order valence-corrected chi connectivity index (χ0v) is 14.2. The molecule has 0 atom stereocenters. The molecule has 0 saturated heterocycles. The van der Waals surface area contributed by atoms with E-state index in [0.29, 0.717) is 17.1 Å². The molecule has 2 heterocycles. The molecule has 1 N–H and O–H groups in total. The van der Waals surface area contributed by atoms with Gasteiger partial charge in [-0.15, -0.1) is 0 Å². The van der Waals surface area contributed by atoms with Gasteiger partial charge in [-0.1, -0.05) is 11.6 Å². The summed E-state index contributed by atoms with van der Waals surface area (Å²) in [5, 5.41) is 6.54. The number of aromatic amines is 1. The number of nitrogens with zero attached hydrogens (tertiary/aromatic N) is 2. The molecule has 130 valence electrons. The zero-order chi connectivity index (χ0) is 18.1. The fourth-order valence-corrected chi connectivity index (χ4v) is 2.65. The average Bonchev–Trinajstić information content (AvgIpc) is 2.97. The van der Waals surface area contributed by atoms with Gasteiger partial charge in [0.2, 0.25) is 0 Å². The number of rotatable bonds is 4. The van der Waals surface area contributed by atoms with Gasteiger partial charge in [-0.2, -0.15) is 5.10 Å². The first kappa shape index (κ1) is 17.2. The number of benzene rings is 1. The fraction of sp³-hybridized carbons (Fsp3) is 0.176. The van der Waals surface area contributed by atoms with Crippen LogP contribution in [0.3, 0.4) is 0 Å². The monoisotopic (exact) mass is 365 g/mol. The summed E-state index contributed by atoms with van der Waals surface area (Å²) in [7, 11) is 0. The van der Waals surface area contributed by atoms with E-state index in [0.717, 1.165) is 12.1 Å². The quantitative estimate of drug-likeness (QED) is 0.767. The van der Waals surface area contributed by atoms with E-state index < -0.39 is 17.2 Å². The Morgan fingerprint density at radius 3 is 2.68 bits per heavy atom. The summed E-state index contributed by atoms with van der Waals surface area (Å²) in [5.74, 6) is -1.27. The van der Waals surface area contributed by atoms with E-state index >= 15 is 0 Å². The Labute approximate surface area is 146 Å². The van der Waals surface area contributed by atoms with E-state index in [4.69, 9.17) is 16.3 Å². The van der Waals surface area contributed by atoms with Gasteiger partial charge in [0.15, 0.2) is 0 Å². The molecule has 0 fully saturated rings. The van der Waals surface area contributed by atoms with Crippen molar-refractivity contribution in [3.63, 3.8) is 0 Å².